The van der Waals surface area contributed by atoms with Gasteiger partial charge in [-0.1, -0.05) is 49.9 Å². The van der Waals surface area contributed by atoms with E-state index in [1.54, 1.807) is 12.1 Å². The van der Waals surface area contributed by atoms with Crippen LogP contribution in [0.15, 0.2) is 36.4 Å². The normalized spacial score (nSPS) is 19.1. The van der Waals surface area contributed by atoms with Gasteiger partial charge in [0.05, 0.1) is 23.2 Å². The smallest absolute Gasteiger partial charge is 0.320 e. The average Bonchev–Trinajstić information content (AvgIpc) is 3.34. The Hall–Kier alpha value is -3.24. The van der Waals surface area contributed by atoms with Gasteiger partial charge in [0.25, 0.3) is 11.8 Å². The minimum atomic E-state index is -1.19. The van der Waals surface area contributed by atoms with Crippen molar-refractivity contribution < 1.29 is 29.1 Å². The first-order valence-corrected chi connectivity index (χ1v) is 13.0. The van der Waals surface area contributed by atoms with E-state index in [4.69, 9.17) is 0 Å². The van der Waals surface area contributed by atoms with E-state index in [1.165, 1.54) is 11.8 Å². The lowest BCUT2D eigenvalue weighted by Gasteiger charge is -2.26. The molecule has 2 heterocycles. The van der Waals surface area contributed by atoms with Gasteiger partial charge in [0.2, 0.25) is 11.0 Å². The van der Waals surface area contributed by atoms with Crippen molar-refractivity contribution in [1.29, 1.82) is 0 Å². The number of nitrogens with one attached hydrogen (secondary N) is 2. The predicted molar refractivity (Wildman–Crippen MR) is 136 cm³/mol. The quantitative estimate of drug-likeness (QED) is 0.414. The molecule has 190 valence electrons. The average molecular weight is 512 g/mol. The van der Waals surface area contributed by atoms with E-state index >= 15 is 0 Å². The van der Waals surface area contributed by atoms with E-state index in [0.29, 0.717) is 29.7 Å². The minimum absolute atomic E-state index is 0.0690. The predicted octanol–water partition coefficient (Wildman–Crippen LogP) is 2.43. The molecule has 0 bridgehead atoms. The lowest BCUT2D eigenvalue weighted by molar-refractivity contribution is -0.140. The summed E-state index contributed by atoms with van der Waals surface area (Å²) < 4.78 is 0. The van der Waals surface area contributed by atoms with E-state index in [9.17, 15) is 29.1 Å². The van der Waals surface area contributed by atoms with Crippen LogP contribution in [-0.2, 0) is 14.4 Å². The van der Waals surface area contributed by atoms with Crippen molar-refractivity contribution in [3.8, 4) is 0 Å². The molecule has 0 aliphatic carbocycles. The summed E-state index contributed by atoms with van der Waals surface area (Å²) in [5.41, 5.74) is 0.601. The number of thioether (sulfide) groups is 1. The van der Waals surface area contributed by atoms with Gasteiger partial charge in [-0.2, -0.15) is 0 Å². The van der Waals surface area contributed by atoms with E-state index in [-0.39, 0.29) is 24.0 Å². The standard InChI is InChI=1S/C26H29N3O6S/c1-14(2)11-21(22(30)28-20-8-10-36-26(20)35)27-19(25(33)34)7-9-29-23(31)17-12-15-5-3-4-6-16(15)13-18(17)24(29)32/h3-6,12-14,19-21,27H,7-11H2,1-2H3,(H,28,30)(H,33,34)/t19-,20+,21+/m1/s1. The van der Waals surface area contributed by atoms with Crippen molar-refractivity contribution in [3.05, 3.63) is 47.5 Å². The minimum Gasteiger partial charge on any atom is -0.480 e. The van der Waals surface area contributed by atoms with Crippen LogP contribution in [0.3, 0.4) is 0 Å². The summed E-state index contributed by atoms with van der Waals surface area (Å²) in [7, 11) is 0. The molecule has 2 aliphatic heterocycles. The summed E-state index contributed by atoms with van der Waals surface area (Å²) in [4.78, 5) is 63.9. The van der Waals surface area contributed by atoms with Crippen molar-refractivity contribution in [2.24, 2.45) is 5.92 Å². The number of benzene rings is 2. The van der Waals surface area contributed by atoms with Crippen molar-refractivity contribution in [3.63, 3.8) is 0 Å². The maximum absolute atomic E-state index is 13.0. The Morgan fingerprint density at radius 1 is 1.06 bits per heavy atom. The Bertz CT molecular complexity index is 1170. The zero-order valence-corrected chi connectivity index (χ0v) is 21.0. The number of carbonyl (C=O) groups excluding carboxylic acids is 4. The SMILES string of the molecule is CC(C)C[C@H](N[C@H](CCN1C(=O)c2cc3ccccc3cc2C1=O)C(=O)O)C(=O)N[C@H]1CCSC1=O. The number of carbonyl (C=O) groups is 5. The molecule has 9 nitrogen and oxygen atoms in total. The molecular formula is C26H29N3O6S. The number of carboxylic acid groups (broad SMARTS) is 1. The molecule has 3 N–H and O–H groups in total. The number of fused-ring (bicyclic) bond motifs is 2. The third-order valence-corrected chi connectivity index (χ3v) is 7.46. The van der Waals surface area contributed by atoms with E-state index in [0.717, 1.165) is 15.7 Å². The molecule has 0 aromatic heterocycles. The molecule has 36 heavy (non-hydrogen) atoms. The van der Waals surface area contributed by atoms with Gasteiger partial charge in [-0.25, -0.2) is 0 Å². The van der Waals surface area contributed by atoms with Crippen LogP contribution < -0.4 is 10.6 Å². The number of hydrogen-bond acceptors (Lipinski definition) is 7. The number of imide groups is 1. The van der Waals surface area contributed by atoms with Crippen LogP contribution in [0.5, 0.6) is 0 Å². The number of aliphatic carboxylic acids is 1. The monoisotopic (exact) mass is 511 g/mol. The van der Waals surface area contributed by atoms with E-state index in [2.05, 4.69) is 10.6 Å². The van der Waals surface area contributed by atoms with Crippen LogP contribution in [0, 0.1) is 5.92 Å². The van der Waals surface area contributed by atoms with Crippen LogP contribution in [0.2, 0.25) is 0 Å². The molecular weight excluding hydrogens is 482 g/mol. The second kappa shape index (κ2) is 10.8. The summed E-state index contributed by atoms with van der Waals surface area (Å²) in [6.45, 7) is 3.72. The third kappa shape index (κ3) is 5.44. The van der Waals surface area contributed by atoms with Crippen LogP contribution in [-0.4, -0.2) is 69.2 Å². The zero-order chi connectivity index (χ0) is 26.0. The number of hydrogen-bond donors (Lipinski definition) is 3. The topological polar surface area (TPSA) is 133 Å². The Balaban J connectivity index is 1.45. The highest BCUT2D eigenvalue weighted by Crippen LogP contribution is 2.28. The van der Waals surface area contributed by atoms with Gasteiger partial charge in [-0.05, 0) is 48.1 Å². The highest BCUT2D eigenvalue weighted by Gasteiger charge is 2.37. The largest absolute Gasteiger partial charge is 0.480 e. The number of carboxylic acids is 1. The van der Waals surface area contributed by atoms with Gasteiger partial charge in [0.1, 0.15) is 6.04 Å². The molecule has 4 rings (SSSR count). The van der Waals surface area contributed by atoms with Gasteiger partial charge < -0.3 is 10.4 Å². The van der Waals surface area contributed by atoms with Gasteiger partial charge in [-0.15, -0.1) is 0 Å². The van der Waals surface area contributed by atoms with Crippen molar-refractivity contribution >= 4 is 51.3 Å². The molecule has 10 heteroatoms. The first-order chi connectivity index (χ1) is 17.2. The molecule has 3 amide bonds. The molecule has 0 saturated carbocycles. The molecule has 0 radical (unpaired) electrons. The van der Waals surface area contributed by atoms with Crippen LogP contribution in [0.1, 0.15) is 53.8 Å². The summed E-state index contributed by atoms with van der Waals surface area (Å²) in [6.07, 6.45) is 0.838. The molecule has 3 atom stereocenters. The van der Waals surface area contributed by atoms with Crippen molar-refractivity contribution in [2.45, 2.75) is 51.2 Å². The fraction of sp³-hybridized carbons (Fsp3) is 0.423. The zero-order valence-electron chi connectivity index (χ0n) is 20.2. The van der Waals surface area contributed by atoms with E-state index in [1.807, 2.05) is 38.1 Å². The molecule has 1 saturated heterocycles. The van der Waals surface area contributed by atoms with Crippen molar-refractivity contribution in [1.82, 2.24) is 15.5 Å². The third-order valence-electron chi connectivity index (χ3n) is 6.45. The highest BCUT2D eigenvalue weighted by molar-refractivity contribution is 8.14. The highest BCUT2D eigenvalue weighted by atomic mass is 32.2. The fourth-order valence-corrected chi connectivity index (χ4v) is 5.51. The second-order valence-electron chi connectivity index (χ2n) is 9.55. The molecule has 2 aromatic carbocycles. The lowest BCUT2D eigenvalue weighted by Crippen LogP contribution is -2.54. The molecule has 1 fully saturated rings. The molecule has 0 spiro atoms. The van der Waals surface area contributed by atoms with Crippen LogP contribution in [0.4, 0.5) is 0 Å². The second-order valence-corrected chi connectivity index (χ2v) is 10.7. The molecule has 2 aromatic rings. The van der Waals surface area contributed by atoms with Crippen LogP contribution in [0.25, 0.3) is 10.8 Å². The number of nitrogens with zero attached hydrogens (tertiary/aromatic N) is 1. The molecule has 2 aliphatic rings. The van der Waals surface area contributed by atoms with E-state index < -0.39 is 41.8 Å². The molecule has 0 unspecified atom stereocenters. The summed E-state index contributed by atoms with van der Waals surface area (Å²) in [5.74, 6) is -1.81. The first kappa shape index (κ1) is 25.8. The Morgan fingerprint density at radius 3 is 2.17 bits per heavy atom. The first-order valence-electron chi connectivity index (χ1n) is 12.0. The van der Waals surface area contributed by atoms with Gasteiger partial charge in [0.15, 0.2) is 0 Å². The lowest BCUT2D eigenvalue weighted by atomic mass is 10.0. The summed E-state index contributed by atoms with van der Waals surface area (Å²) >= 11 is 1.17. The van der Waals surface area contributed by atoms with Crippen molar-refractivity contribution in [2.75, 3.05) is 12.3 Å². The Morgan fingerprint density at radius 2 is 1.67 bits per heavy atom. The maximum atomic E-state index is 13.0. The number of amides is 3. The summed E-state index contributed by atoms with van der Waals surface area (Å²) in [6, 6.07) is 8.21. The van der Waals surface area contributed by atoms with Gasteiger partial charge in [0, 0.05) is 12.3 Å². The summed E-state index contributed by atoms with van der Waals surface area (Å²) in [5, 5.41) is 17.0. The van der Waals surface area contributed by atoms with Crippen LogP contribution >= 0.6 is 11.8 Å². The fourth-order valence-electron chi connectivity index (χ4n) is 4.58. The van der Waals surface area contributed by atoms with Gasteiger partial charge >= 0.3 is 5.97 Å². The van der Waals surface area contributed by atoms with Gasteiger partial charge in [-0.3, -0.25) is 34.2 Å². The number of rotatable bonds is 10. The Labute approximate surface area is 213 Å². The maximum Gasteiger partial charge on any atom is 0.320 e. The Kier molecular flexibility index (Phi) is 7.75.